The maximum atomic E-state index is 13.4. The molecule has 2 heterocycles. The van der Waals surface area contributed by atoms with E-state index in [1.54, 1.807) is 36.4 Å². The number of aromatic nitrogens is 1. The minimum atomic E-state index is -0.680. The molecule has 3 atom stereocenters. The van der Waals surface area contributed by atoms with Crippen LogP contribution in [0, 0.1) is 6.92 Å². The van der Waals surface area contributed by atoms with Crippen LogP contribution in [0.3, 0.4) is 0 Å². The minimum Gasteiger partial charge on any atom is -0.507 e. The highest BCUT2D eigenvalue weighted by Gasteiger charge is 2.40. The van der Waals surface area contributed by atoms with E-state index < -0.39 is 35.9 Å². The fourth-order valence-electron chi connectivity index (χ4n) is 7.52. The number of ether oxygens (including phenoxy) is 4. The number of aromatic hydroxyl groups is 2. The van der Waals surface area contributed by atoms with Crippen LogP contribution in [0.2, 0.25) is 0 Å². The Morgan fingerprint density at radius 3 is 2.58 bits per heavy atom. The van der Waals surface area contributed by atoms with Crippen molar-refractivity contribution in [3.63, 3.8) is 0 Å². The summed E-state index contributed by atoms with van der Waals surface area (Å²) >= 11 is 0. The van der Waals surface area contributed by atoms with Gasteiger partial charge in [0.05, 0.1) is 55.3 Å². The number of aliphatic hydroxyl groups excluding tert-OH is 2. The molecule has 0 saturated carbocycles. The molecule has 59 heavy (non-hydrogen) atoms. The maximum absolute atomic E-state index is 13.4. The first-order chi connectivity index (χ1) is 28.5. The van der Waals surface area contributed by atoms with E-state index >= 15 is 0 Å². The first-order valence-corrected chi connectivity index (χ1v) is 19.0. The summed E-state index contributed by atoms with van der Waals surface area (Å²) in [5.41, 5.74) is 6.56. The van der Waals surface area contributed by atoms with E-state index in [0.717, 1.165) is 31.0 Å². The van der Waals surface area contributed by atoms with Gasteiger partial charge in [-0.25, -0.2) is 10.2 Å². The van der Waals surface area contributed by atoms with Gasteiger partial charge < -0.3 is 43.8 Å². The number of ketones is 2. The molecule has 8 rings (SSSR count). The molecule has 1 aliphatic heterocycles. The lowest BCUT2D eigenvalue weighted by atomic mass is 9.77. The van der Waals surface area contributed by atoms with Gasteiger partial charge in [-0.3, -0.25) is 19.0 Å². The zero-order valence-electron chi connectivity index (χ0n) is 32.3. The smallest absolute Gasteiger partial charge is 0.420 e. The summed E-state index contributed by atoms with van der Waals surface area (Å²) < 4.78 is 29.0. The Kier molecular flexibility index (Phi) is 12.2. The second-order valence-corrected chi connectivity index (χ2v) is 14.3. The van der Waals surface area contributed by atoms with E-state index in [4.69, 9.17) is 28.5 Å². The Labute approximate surface area is 337 Å². The van der Waals surface area contributed by atoms with Crippen molar-refractivity contribution in [1.29, 1.82) is 0 Å². The van der Waals surface area contributed by atoms with Gasteiger partial charge in [0.1, 0.15) is 11.5 Å². The van der Waals surface area contributed by atoms with Gasteiger partial charge in [0.25, 0.3) is 5.91 Å². The average Bonchev–Trinajstić information content (AvgIpc) is 3.52. The Morgan fingerprint density at radius 2 is 1.83 bits per heavy atom. The molecule has 0 bridgehead atoms. The van der Waals surface area contributed by atoms with Crippen LogP contribution in [0.5, 0.6) is 23.0 Å². The highest BCUT2D eigenvalue weighted by Crippen LogP contribution is 2.46. The predicted octanol–water partition coefficient (Wildman–Crippen LogP) is 4.20. The topological polar surface area (TPSA) is 229 Å². The molecule has 5 N–H and O–H groups in total. The lowest BCUT2D eigenvalue weighted by Gasteiger charge is -2.35. The Morgan fingerprint density at radius 1 is 1.00 bits per heavy atom. The standard InChI is InChI=1S/C24H24O7.C19H19N3O6/c1-29-16-6-4-5-14-20(16)24(28)21-15(22(14)26)10-12-9-13(25)11-17(19(12)23(21)27)31-18-7-2-3-8-30-18;1-12-2-4-16-14(8-12)22(19(26)28-16)10-13-3-5-17(15(24)9-13)27-11-18(25)21-20-6-7-23/h4-6,10,13,17-18,25,27H,2-3,7-9,11H2,1H3;2-6,8-9,23-24H,7,10-11H2,1H3,(H,21,25)/b;20-6-. The number of hydrogen-bond acceptors (Lipinski definition) is 14. The monoisotopic (exact) mass is 809 g/mol. The third-order valence-electron chi connectivity index (χ3n) is 10.2. The molecule has 1 fully saturated rings. The van der Waals surface area contributed by atoms with E-state index in [1.807, 2.05) is 19.1 Å². The van der Waals surface area contributed by atoms with Crippen LogP contribution in [0.15, 0.2) is 75.0 Å². The number of carbonyl (C=O) groups excluding carboxylic acids is 3. The van der Waals surface area contributed by atoms with E-state index in [-0.39, 0.29) is 83.6 Å². The number of aliphatic hydroxyl groups is 2. The van der Waals surface area contributed by atoms with Crippen molar-refractivity contribution in [1.82, 2.24) is 9.99 Å². The number of oxazole rings is 1. The van der Waals surface area contributed by atoms with Crippen LogP contribution in [0.4, 0.5) is 0 Å². The molecule has 5 aromatic rings. The van der Waals surface area contributed by atoms with Crippen molar-refractivity contribution >= 4 is 34.8 Å². The van der Waals surface area contributed by atoms with E-state index in [1.165, 1.54) is 23.8 Å². The van der Waals surface area contributed by atoms with E-state index in [0.29, 0.717) is 34.4 Å². The summed E-state index contributed by atoms with van der Waals surface area (Å²) in [6.07, 6.45) is 2.62. The zero-order valence-corrected chi connectivity index (χ0v) is 32.3. The van der Waals surface area contributed by atoms with Crippen molar-refractivity contribution in [3.05, 3.63) is 116 Å². The number of phenols is 2. The number of aryl methyl sites for hydroxylation is 1. The highest BCUT2D eigenvalue weighted by atomic mass is 16.7. The summed E-state index contributed by atoms with van der Waals surface area (Å²) in [7, 11) is 1.44. The number of phenolic OH excluding ortho intramolecular Hbond substituents is 2. The second kappa shape index (κ2) is 17.7. The molecule has 16 heteroatoms. The van der Waals surface area contributed by atoms with Gasteiger partial charge in [-0.2, -0.15) is 5.10 Å². The van der Waals surface area contributed by atoms with E-state index in [9.17, 15) is 34.5 Å². The minimum absolute atomic E-state index is 0.0321. The predicted molar refractivity (Wildman–Crippen MR) is 211 cm³/mol. The molecular weight excluding hydrogens is 766 g/mol. The van der Waals surface area contributed by atoms with Crippen LogP contribution < -0.4 is 20.7 Å². The lowest BCUT2D eigenvalue weighted by molar-refractivity contribution is -0.197. The molecule has 1 saturated heterocycles. The third-order valence-corrected chi connectivity index (χ3v) is 10.2. The first-order valence-electron chi connectivity index (χ1n) is 19.0. The van der Waals surface area contributed by atoms with Crippen molar-refractivity contribution < 1.29 is 58.2 Å². The lowest BCUT2D eigenvalue weighted by Crippen LogP contribution is -2.31. The van der Waals surface area contributed by atoms with Crippen molar-refractivity contribution in [3.8, 4) is 23.0 Å². The van der Waals surface area contributed by atoms with Crippen LogP contribution in [0.25, 0.3) is 11.1 Å². The summed E-state index contributed by atoms with van der Waals surface area (Å²) in [5, 5.41) is 43.8. The zero-order chi connectivity index (χ0) is 41.8. The number of methoxy groups -OCH3 is 1. The molecule has 308 valence electrons. The molecule has 4 aromatic carbocycles. The number of carbonyl (C=O) groups is 3. The Hall–Kier alpha value is -6.33. The molecule has 0 spiro atoms. The number of amides is 1. The quantitative estimate of drug-likeness (QED) is 0.0967. The Balaban J connectivity index is 0.000000180. The van der Waals surface area contributed by atoms with Gasteiger partial charge in [0.15, 0.2) is 35.8 Å². The molecule has 2 aliphatic carbocycles. The number of nitrogens with one attached hydrogen (secondary N) is 1. The van der Waals surface area contributed by atoms with Gasteiger partial charge >= 0.3 is 5.76 Å². The number of nitrogens with zero attached hydrogens (tertiary/aromatic N) is 2. The third kappa shape index (κ3) is 8.61. The number of rotatable bonds is 10. The summed E-state index contributed by atoms with van der Waals surface area (Å²) in [4.78, 5) is 50.2. The first kappa shape index (κ1) is 40.9. The second-order valence-electron chi connectivity index (χ2n) is 14.3. The van der Waals surface area contributed by atoms with Crippen LogP contribution in [0.1, 0.15) is 85.9 Å². The van der Waals surface area contributed by atoms with Gasteiger partial charge in [0.2, 0.25) is 5.78 Å². The SMILES string of the molecule is COc1cccc2c1C(=O)c1c(cc3c(c1O)C(OC1CCCCO1)CC(O)C3)C2=O.Cc1ccc2oc(=O)n(Cc3ccc(OCC(=O)N/N=C\CO)c(O)c3)c2c1. The number of hydrogen-bond donors (Lipinski definition) is 5. The average molecular weight is 810 g/mol. The fourth-order valence-corrected chi connectivity index (χ4v) is 7.52. The maximum Gasteiger partial charge on any atom is 0.420 e. The fraction of sp³-hybridized carbons (Fsp3) is 0.326. The van der Waals surface area contributed by atoms with Crippen molar-refractivity contribution in [2.24, 2.45) is 5.10 Å². The normalized spacial score (nSPS) is 18.4. The number of hydrazone groups is 1. The number of fused-ring (bicyclic) bond motifs is 4. The molecule has 3 unspecified atom stereocenters. The van der Waals surface area contributed by atoms with Gasteiger partial charge in [-0.1, -0.05) is 24.3 Å². The van der Waals surface area contributed by atoms with Crippen LogP contribution in [-0.2, 0) is 27.2 Å². The van der Waals surface area contributed by atoms with Gasteiger partial charge in [-0.05, 0) is 85.7 Å². The molecule has 3 aliphatic rings. The van der Waals surface area contributed by atoms with Gasteiger partial charge in [-0.15, -0.1) is 0 Å². The van der Waals surface area contributed by atoms with Crippen LogP contribution in [-0.4, -0.2) is 88.0 Å². The molecule has 0 radical (unpaired) electrons. The van der Waals surface area contributed by atoms with Gasteiger partial charge in [0, 0.05) is 29.7 Å². The summed E-state index contributed by atoms with van der Waals surface area (Å²) in [5.74, 6) is -1.85. The highest BCUT2D eigenvalue weighted by molar-refractivity contribution is 6.30. The molecule has 16 nitrogen and oxygen atoms in total. The van der Waals surface area contributed by atoms with Crippen molar-refractivity contribution in [2.75, 3.05) is 26.9 Å². The summed E-state index contributed by atoms with van der Waals surface area (Å²) in [6.45, 7) is 2.08. The molecular formula is C43H43N3O13. The molecule has 1 amide bonds. The van der Waals surface area contributed by atoms with E-state index in [2.05, 4.69) is 10.5 Å². The Bertz CT molecular complexity index is 2500. The largest absolute Gasteiger partial charge is 0.507 e. The summed E-state index contributed by atoms with van der Waals surface area (Å²) in [6, 6.07) is 16.6. The van der Waals surface area contributed by atoms with Crippen LogP contribution >= 0.6 is 0 Å². The molecule has 1 aromatic heterocycles. The van der Waals surface area contributed by atoms with Crippen molar-refractivity contribution in [2.45, 2.75) is 64.1 Å². The number of benzene rings is 4.